The minimum atomic E-state index is -0.952. The minimum absolute atomic E-state index is 0.0885. The number of aliphatic carboxylic acids is 4. The largest absolute Gasteiger partial charge is 0.481 e. The van der Waals surface area contributed by atoms with Gasteiger partial charge in [-0.2, -0.15) is 0 Å². The molecule has 250 valence electrons. The fourth-order valence-corrected chi connectivity index (χ4v) is 6.42. The summed E-state index contributed by atoms with van der Waals surface area (Å²) < 4.78 is 0. The van der Waals surface area contributed by atoms with E-state index in [1.807, 2.05) is 52.0 Å². The van der Waals surface area contributed by atoms with Crippen molar-refractivity contribution in [3.05, 3.63) is 69.3 Å². The summed E-state index contributed by atoms with van der Waals surface area (Å²) in [6, 6.07) is 7.40. The molecule has 3 aromatic rings. The summed E-state index contributed by atoms with van der Waals surface area (Å²) in [6.07, 6.45) is 0.550. The molecule has 12 heteroatoms. The Bertz CT molecular complexity index is 2100. The van der Waals surface area contributed by atoms with Gasteiger partial charge in [0, 0.05) is 47.8 Å². The molecule has 0 unspecified atom stereocenters. The number of nitrogens with zero attached hydrogens (tertiary/aromatic N) is 2. The lowest BCUT2D eigenvalue weighted by molar-refractivity contribution is -0.138. The molecule has 0 aromatic carbocycles. The van der Waals surface area contributed by atoms with Gasteiger partial charge in [-0.05, 0) is 122 Å². The zero-order valence-electron chi connectivity index (χ0n) is 27.3. The lowest BCUT2D eigenvalue weighted by atomic mass is 9.99. The first-order chi connectivity index (χ1) is 22.7. The van der Waals surface area contributed by atoms with Crippen LogP contribution in [0.25, 0.3) is 44.4 Å². The van der Waals surface area contributed by atoms with E-state index in [1.54, 1.807) is 0 Å². The number of carbonyl (C=O) groups is 4. The number of hydrogen-bond donors (Lipinski definition) is 6. The maximum Gasteiger partial charge on any atom is 0.303 e. The zero-order chi connectivity index (χ0) is 34.9. The number of aromatic amines is 2. The molecular formula is C36H38N4O8. The number of fused-ring (bicyclic) bond motifs is 8. The van der Waals surface area contributed by atoms with Crippen molar-refractivity contribution in [3.8, 4) is 0 Å². The van der Waals surface area contributed by atoms with Crippen molar-refractivity contribution in [2.75, 3.05) is 0 Å². The zero-order valence-corrected chi connectivity index (χ0v) is 27.3. The van der Waals surface area contributed by atoms with Crippen molar-refractivity contribution in [3.63, 3.8) is 0 Å². The Kier molecular flexibility index (Phi) is 9.64. The Balaban J connectivity index is 1.91. The van der Waals surface area contributed by atoms with Crippen LogP contribution >= 0.6 is 0 Å². The SMILES string of the molecule is CC1=C(CCC(=O)O)c2cc3[nH]c(cc4nc(cc5[nH]c(cc1n2)c(C)c5CCC(=O)O)C(C)=C4CCC(=O)O)c(CCC(=O)O)c3C. The first-order valence-electron chi connectivity index (χ1n) is 15.7. The van der Waals surface area contributed by atoms with E-state index in [1.165, 1.54) is 0 Å². The monoisotopic (exact) mass is 654 g/mol. The number of hydrogen-bond acceptors (Lipinski definition) is 6. The molecule has 2 aliphatic heterocycles. The first-order valence-corrected chi connectivity index (χ1v) is 15.7. The van der Waals surface area contributed by atoms with Crippen LogP contribution in [0.4, 0.5) is 0 Å². The molecule has 8 bridgehead atoms. The van der Waals surface area contributed by atoms with Crippen LogP contribution in [0.1, 0.15) is 97.4 Å². The summed E-state index contributed by atoms with van der Waals surface area (Å²) in [7, 11) is 0. The van der Waals surface area contributed by atoms with Crippen molar-refractivity contribution in [2.45, 2.75) is 79.1 Å². The van der Waals surface area contributed by atoms with Crippen molar-refractivity contribution in [1.29, 1.82) is 0 Å². The molecule has 0 saturated heterocycles. The highest BCUT2D eigenvalue weighted by Crippen LogP contribution is 2.37. The minimum Gasteiger partial charge on any atom is -0.481 e. The van der Waals surface area contributed by atoms with Crippen LogP contribution in [0, 0.1) is 13.8 Å². The summed E-state index contributed by atoms with van der Waals surface area (Å²) >= 11 is 0. The van der Waals surface area contributed by atoms with Crippen LogP contribution in [0.2, 0.25) is 0 Å². The summed E-state index contributed by atoms with van der Waals surface area (Å²) in [5, 5.41) is 38.0. The predicted molar refractivity (Wildman–Crippen MR) is 181 cm³/mol. The quantitative estimate of drug-likeness (QED) is 0.124. The van der Waals surface area contributed by atoms with Gasteiger partial charge in [0.1, 0.15) is 0 Å². The van der Waals surface area contributed by atoms with Gasteiger partial charge in [0.05, 0.1) is 22.8 Å². The van der Waals surface area contributed by atoms with E-state index in [0.29, 0.717) is 39.3 Å². The molecular weight excluding hydrogens is 616 g/mol. The number of carboxylic acid groups (broad SMARTS) is 4. The molecule has 0 atom stereocenters. The molecule has 0 amide bonds. The highest BCUT2D eigenvalue weighted by molar-refractivity contribution is 5.96. The average Bonchev–Trinajstić information content (AvgIpc) is 3.66. The van der Waals surface area contributed by atoms with E-state index < -0.39 is 23.9 Å². The second kappa shape index (κ2) is 13.7. The molecule has 0 radical (unpaired) electrons. The van der Waals surface area contributed by atoms with Gasteiger partial charge in [0.2, 0.25) is 0 Å². The highest BCUT2D eigenvalue weighted by atomic mass is 16.4. The maximum atomic E-state index is 11.6. The van der Waals surface area contributed by atoms with E-state index in [2.05, 4.69) is 9.97 Å². The summed E-state index contributed by atoms with van der Waals surface area (Å²) in [5.74, 6) is -3.77. The molecule has 0 spiro atoms. The number of nitrogens with one attached hydrogen (secondary N) is 2. The van der Waals surface area contributed by atoms with Gasteiger partial charge >= 0.3 is 23.9 Å². The fraction of sp³-hybridized carbons (Fsp3) is 0.333. The van der Waals surface area contributed by atoms with Gasteiger partial charge < -0.3 is 30.4 Å². The average molecular weight is 655 g/mol. The van der Waals surface area contributed by atoms with Crippen LogP contribution in [0.15, 0.2) is 24.3 Å². The highest BCUT2D eigenvalue weighted by Gasteiger charge is 2.22. The van der Waals surface area contributed by atoms with Crippen molar-refractivity contribution >= 4 is 68.2 Å². The van der Waals surface area contributed by atoms with Gasteiger partial charge in [0.25, 0.3) is 0 Å². The number of allylic oxidation sites excluding steroid dienone is 4. The first kappa shape index (κ1) is 33.8. The Labute approximate surface area is 275 Å². The number of H-pyrrole nitrogens is 2. The van der Waals surface area contributed by atoms with Crippen LogP contribution in [0.3, 0.4) is 0 Å². The third kappa shape index (κ3) is 7.07. The fourth-order valence-electron chi connectivity index (χ4n) is 6.42. The number of aryl methyl sites for hydroxylation is 4. The topological polar surface area (TPSA) is 207 Å². The van der Waals surface area contributed by atoms with Crippen LogP contribution in [-0.2, 0) is 32.0 Å². The predicted octanol–water partition coefficient (Wildman–Crippen LogP) is 6.56. The van der Waals surface area contributed by atoms with Gasteiger partial charge in [-0.1, -0.05) is 0 Å². The van der Waals surface area contributed by atoms with E-state index in [-0.39, 0.29) is 51.4 Å². The van der Waals surface area contributed by atoms with Crippen molar-refractivity contribution in [1.82, 2.24) is 19.9 Å². The molecule has 5 heterocycles. The van der Waals surface area contributed by atoms with Crippen LogP contribution in [0.5, 0.6) is 0 Å². The van der Waals surface area contributed by atoms with Crippen molar-refractivity contribution < 1.29 is 39.6 Å². The Morgan fingerprint density at radius 1 is 0.500 bits per heavy atom. The van der Waals surface area contributed by atoms with E-state index in [0.717, 1.165) is 50.1 Å². The number of aromatic nitrogens is 4. The normalized spacial score (nSPS) is 12.9. The smallest absolute Gasteiger partial charge is 0.303 e. The summed E-state index contributed by atoms with van der Waals surface area (Å²) in [4.78, 5) is 63.1. The van der Waals surface area contributed by atoms with E-state index >= 15 is 0 Å². The van der Waals surface area contributed by atoms with Gasteiger partial charge in [-0.3, -0.25) is 19.2 Å². The second-order valence-corrected chi connectivity index (χ2v) is 12.2. The van der Waals surface area contributed by atoms with Gasteiger partial charge in [-0.15, -0.1) is 0 Å². The van der Waals surface area contributed by atoms with Gasteiger partial charge in [0.15, 0.2) is 0 Å². The van der Waals surface area contributed by atoms with Gasteiger partial charge in [-0.25, -0.2) is 9.97 Å². The van der Waals surface area contributed by atoms with Crippen LogP contribution < -0.4 is 0 Å². The number of rotatable bonds is 12. The molecule has 5 rings (SSSR count). The molecule has 6 N–H and O–H groups in total. The summed E-state index contributed by atoms with van der Waals surface area (Å²) in [6.45, 7) is 7.57. The molecule has 0 saturated carbocycles. The molecule has 12 nitrogen and oxygen atoms in total. The molecule has 48 heavy (non-hydrogen) atoms. The number of carboxylic acids is 4. The lowest BCUT2D eigenvalue weighted by Gasteiger charge is -2.03. The Hall–Kier alpha value is -5.52. The maximum absolute atomic E-state index is 11.6. The molecule has 2 aliphatic rings. The van der Waals surface area contributed by atoms with Crippen molar-refractivity contribution in [2.24, 2.45) is 0 Å². The van der Waals surface area contributed by atoms with E-state index in [9.17, 15) is 39.6 Å². The Morgan fingerprint density at radius 3 is 1.19 bits per heavy atom. The standard InChI is InChI=1S/C36H38N4O8/c1-17-21(5-9-33(41)42)29-14-27-19(3)23(7-11-35(45)46)31(39-27)16-32-24(8-12-36(47)48)20(4)28(40-32)15-30-22(6-10-34(43)44)18(2)26(38-30)13-25(17)37-29/h13-16,37,40H,5-12H2,1-4H3,(H,41,42)(H,43,44)(H,45,46)(H,47,48). The van der Waals surface area contributed by atoms with Crippen LogP contribution in [-0.4, -0.2) is 64.2 Å². The Morgan fingerprint density at radius 2 is 0.812 bits per heavy atom. The molecule has 0 fully saturated rings. The summed E-state index contributed by atoms with van der Waals surface area (Å²) in [5.41, 5.74) is 11.4. The third-order valence-electron chi connectivity index (χ3n) is 9.16. The van der Waals surface area contributed by atoms with E-state index in [4.69, 9.17) is 9.97 Å². The second-order valence-electron chi connectivity index (χ2n) is 12.2. The molecule has 0 aliphatic carbocycles. The lowest BCUT2D eigenvalue weighted by Crippen LogP contribution is -1.98. The third-order valence-corrected chi connectivity index (χ3v) is 9.16. The molecule has 3 aromatic heterocycles.